The molecule has 1 spiro atoms. The van der Waals surface area contributed by atoms with Gasteiger partial charge < -0.3 is 4.90 Å². The van der Waals surface area contributed by atoms with Gasteiger partial charge in [0.2, 0.25) is 0 Å². The number of fused-ring (bicyclic) bond motifs is 10. The topological polar surface area (TPSA) is 3.24 Å². The molecule has 0 fully saturated rings. The Balaban J connectivity index is 1.19. The highest BCUT2D eigenvalue weighted by atomic mass is 15.1. The summed E-state index contributed by atoms with van der Waals surface area (Å²) in [7, 11) is 0. The van der Waals surface area contributed by atoms with Gasteiger partial charge in [-0.05, 0) is 109 Å². The molecule has 0 atom stereocenters. The Bertz CT molecular complexity index is 2580. The summed E-state index contributed by atoms with van der Waals surface area (Å²) in [6.07, 6.45) is 0. The molecule has 0 heterocycles. The highest BCUT2D eigenvalue weighted by molar-refractivity contribution is 5.92. The lowest BCUT2D eigenvalue weighted by atomic mass is 9.55. The first-order valence-electron chi connectivity index (χ1n) is 17.9. The Morgan fingerprint density at radius 3 is 1.63 bits per heavy atom. The summed E-state index contributed by atoms with van der Waals surface area (Å²) >= 11 is 0. The molecule has 2 aliphatic rings. The van der Waals surface area contributed by atoms with Crippen molar-refractivity contribution in [2.24, 2.45) is 0 Å². The first-order chi connectivity index (χ1) is 25.0. The number of para-hydroxylation sites is 1. The fourth-order valence-electron chi connectivity index (χ4n) is 9.20. The number of hydrogen-bond donors (Lipinski definition) is 0. The SMILES string of the molecule is CC1(C)c2ccccc2C2(c3ccccc3-c3ccc(-c4cccc(N(c5ccccc5)c5ccc6ccccc6c5)c4)cc32)c2ccccc21. The molecular formula is C50H37N. The molecule has 242 valence electrons. The van der Waals surface area contributed by atoms with Crippen molar-refractivity contribution in [1.29, 1.82) is 0 Å². The number of benzene rings is 8. The van der Waals surface area contributed by atoms with E-state index in [1.54, 1.807) is 0 Å². The van der Waals surface area contributed by atoms with Gasteiger partial charge in [-0.3, -0.25) is 0 Å². The smallest absolute Gasteiger partial charge is 0.0719 e. The van der Waals surface area contributed by atoms with Crippen molar-refractivity contribution in [2.45, 2.75) is 24.7 Å². The van der Waals surface area contributed by atoms with Crippen molar-refractivity contribution >= 4 is 27.8 Å². The molecule has 2 aliphatic carbocycles. The molecule has 8 aromatic rings. The first-order valence-corrected chi connectivity index (χ1v) is 17.9. The number of anilines is 3. The number of nitrogens with zero attached hydrogens (tertiary/aromatic N) is 1. The van der Waals surface area contributed by atoms with Crippen LogP contribution in [0.1, 0.15) is 47.2 Å². The van der Waals surface area contributed by atoms with Gasteiger partial charge in [0.1, 0.15) is 0 Å². The minimum absolute atomic E-state index is 0.119. The Kier molecular flexibility index (Phi) is 6.51. The van der Waals surface area contributed by atoms with Gasteiger partial charge in [-0.1, -0.05) is 159 Å². The van der Waals surface area contributed by atoms with E-state index in [9.17, 15) is 0 Å². The van der Waals surface area contributed by atoms with Gasteiger partial charge in [0.25, 0.3) is 0 Å². The van der Waals surface area contributed by atoms with Crippen LogP contribution in [-0.2, 0) is 10.8 Å². The zero-order chi connectivity index (χ0) is 34.2. The molecular weight excluding hydrogens is 615 g/mol. The molecule has 0 bridgehead atoms. The third-order valence-corrected chi connectivity index (χ3v) is 11.5. The largest absolute Gasteiger partial charge is 0.310 e. The highest BCUT2D eigenvalue weighted by Crippen LogP contribution is 2.62. The van der Waals surface area contributed by atoms with E-state index in [1.165, 1.54) is 66.4 Å². The number of rotatable bonds is 4. The van der Waals surface area contributed by atoms with Crippen LogP contribution in [-0.4, -0.2) is 0 Å². The molecule has 1 nitrogen and oxygen atoms in total. The Morgan fingerprint density at radius 2 is 0.882 bits per heavy atom. The standard InChI is InChI=1S/C50H37N/c1-49(2)44-23-10-12-25-46(44)50(47-26-13-11-24-45(47)49)43-22-9-8-21-41(43)42-30-28-37(33-48(42)50)36-17-14-20-39(32-36)51(38-18-4-3-5-19-38)40-29-27-34-15-6-7-16-35(34)31-40/h3-33H,1-2H3. The second-order valence-electron chi connectivity index (χ2n) is 14.5. The Morgan fingerprint density at radius 1 is 0.333 bits per heavy atom. The zero-order valence-electron chi connectivity index (χ0n) is 28.8. The van der Waals surface area contributed by atoms with Crippen LogP contribution in [0.2, 0.25) is 0 Å². The van der Waals surface area contributed by atoms with Gasteiger partial charge in [-0.2, -0.15) is 0 Å². The molecule has 10 rings (SSSR count). The summed E-state index contributed by atoms with van der Waals surface area (Å²) in [4.78, 5) is 2.37. The maximum atomic E-state index is 2.49. The van der Waals surface area contributed by atoms with E-state index < -0.39 is 5.41 Å². The predicted molar refractivity (Wildman–Crippen MR) is 213 cm³/mol. The Labute approximate surface area is 300 Å². The summed E-state index contributed by atoms with van der Waals surface area (Å²) in [5, 5.41) is 2.47. The fourth-order valence-corrected chi connectivity index (χ4v) is 9.20. The van der Waals surface area contributed by atoms with Crippen molar-refractivity contribution in [3.63, 3.8) is 0 Å². The first kappa shape index (κ1) is 29.7. The minimum atomic E-state index is -0.413. The quantitative estimate of drug-likeness (QED) is 0.183. The van der Waals surface area contributed by atoms with Crippen LogP contribution in [0.5, 0.6) is 0 Å². The molecule has 1 heteroatoms. The summed E-state index contributed by atoms with van der Waals surface area (Å²) in [5.41, 5.74) is 16.2. The van der Waals surface area contributed by atoms with Crippen LogP contribution in [0.3, 0.4) is 0 Å². The van der Waals surface area contributed by atoms with E-state index in [2.05, 4.69) is 207 Å². The summed E-state index contributed by atoms with van der Waals surface area (Å²) in [6.45, 7) is 4.77. The van der Waals surface area contributed by atoms with Crippen LogP contribution >= 0.6 is 0 Å². The van der Waals surface area contributed by atoms with E-state index in [-0.39, 0.29) is 5.41 Å². The molecule has 8 aromatic carbocycles. The normalized spacial score (nSPS) is 14.4. The van der Waals surface area contributed by atoms with Gasteiger partial charge in [0, 0.05) is 22.5 Å². The third-order valence-electron chi connectivity index (χ3n) is 11.5. The monoisotopic (exact) mass is 651 g/mol. The van der Waals surface area contributed by atoms with Crippen molar-refractivity contribution in [3.8, 4) is 22.3 Å². The van der Waals surface area contributed by atoms with Crippen LogP contribution in [0, 0.1) is 0 Å². The molecule has 0 aromatic heterocycles. The van der Waals surface area contributed by atoms with Crippen LogP contribution in [0.25, 0.3) is 33.0 Å². The summed E-state index contributed by atoms with van der Waals surface area (Å²) in [6, 6.07) is 69.7. The molecule has 51 heavy (non-hydrogen) atoms. The second kappa shape index (κ2) is 11.2. The fraction of sp³-hybridized carbons (Fsp3) is 0.0800. The van der Waals surface area contributed by atoms with Gasteiger partial charge in [0.05, 0.1) is 5.41 Å². The van der Waals surface area contributed by atoms with Crippen LogP contribution < -0.4 is 4.90 Å². The van der Waals surface area contributed by atoms with Gasteiger partial charge in [0.15, 0.2) is 0 Å². The highest BCUT2D eigenvalue weighted by Gasteiger charge is 2.53. The maximum absolute atomic E-state index is 2.49. The lowest BCUT2D eigenvalue weighted by molar-refractivity contribution is 0.563. The average Bonchev–Trinajstić information content (AvgIpc) is 3.48. The molecule has 0 saturated carbocycles. The second-order valence-corrected chi connectivity index (χ2v) is 14.5. The molecule has 0 amide bonds. The van der Waals surface area contributed by atoms with E-state index in [0.717, 1.165) is 17.1 Å². The zero-order valence-corrected chi connectivity index (χ0v) is 28.8. The van der Waals surface area contributed by atoms with Gasteiger partial charge >= 0.3 is 0 Å². The van der Waals surface area contributed by atoms with E-state index in [1.807, 2.05) is 0 Å². The lowest BCUT2D eigenvalue weighted by Crippen LogP contribution is -2.40. The van der Waals surface area contributed by atoms with Gasteiger partial charge in [-0.15, -0.1) is 0 Å². The lowest BCUT2D eigenvalue weighted by Gasteiger charge is -2.46. The third kappa shape index (κ3) is 4.28. The van der Waals surface area contributed by atoms with Crippen molar-refractivity contribution in [3.05, 3.63) is 221 Å². The van der Waals surface area contributed by atoms with Crippen LogP contribution in [0.15, 0.2) is 188 Å². The number of hydrogen-bond acceptors (Lipinski definition) is 1. The van der Waals surface area contributed by atoms with Gasteiger partial charge in [-0.25, -0.2) is 0 Å². The Hall–Kier alpha value is -6.18. The van der Waals surface area contributed by atoms with Crippen molar-refractivity contribution in [1.82, 2.24) is 0 Å². The average molecular weight is 652 g/mol. The summed E-state index contributed by atoms with van der Waals surface area (Å²) < 4.78 is 0. The van der Waals surface area contributed by atoms with E-state index >= 15 is 0 Å². The molecule has 0 unspecified atom stereocenters. The van der Waals surface area contributed by atoms with Crippen molar-refractivity contribution < 1.29 is 0 Å². The van der Waals surface area contributed by atoms with E-state index in [0.29, 0.717) is 0 Å². The van der Waals surface area contributed by atoms with Crippen molar-refractivity contribution in [2.75, 3.05) is 4.90 Å². The summed E-state index contributed by atoms with van der Waals surface area (Å²) in [5.74, 6) is 0. The maximum Gasteiger partial charge on any atom is 0.0719 e. The van der Waals surface area contributed by atoms with E-state index in [4.69, 9.17) is 0 Å². The molecule has 0 N–H and O–H groups in total. The molecule has 0 saturated heterocycles. The van der Waals surface area contributed by atoms with Crippen LogP contribution in [0.4, 0.5) is 17.1 Å². The molecule has 0 aliphatic heterocycles. The minimum Gasteiger partial charge on any atom is -0.310 e. The predicted octanol–water partition coefficient (Wildman–Crippen LogP) is 13.0. The molecule has 0 radical (unpaired) electrons.